The highest BCUT2D eigenvalue weighted by Crippen LogP contribution is 2.44. The summed E-state index contributed by atoms with van der Waals surface area (Å²) in [7, 11) is -4.62. The summed E-state index contributed by atoms with van der Waals surface area (Å²) in [4.78, 5) is 10.5. The molecule has 31 heavy (non-hydrogen) atoms. The first-order valence-corrected chi connectivity index (χ1v) is 10.3. The predicted octanol–water partition coefficient (Wildman–Crippen LogP) is 5.42. The number of hydrogen-bond acceptors (Lipinski definition) is 7. The van der Waals surface area contributed by atoms with Crippen molar-refractivity contribution in [3.05, 3.63) is 66.7 Å². The van der Waals surface area contributed by atoms with Crippen LogP contribution in [0.2, 0.25) is 0 Å². The minimum Gasteiger partial charge on any atom is -0.503 e. The molecule has 0 radical (unpaired) electrons. The minimum atomic E-state index is -4.62. The SMILES string of the molecule is O=C(O)Oc1cc2ccccc2c(N=Nc2c(S(=O)(=O)O)ccc3ccccc23)c1O. The van der Waals surface area contributed by atoms with Gasteiger partial charge < -0.3 is 14.9 Å². The number of fused-ring (bicyclic) bond motifs is 2. The van der Waals surface area contributed by atoms with Crippen LogP contribution in [0, 0.1) is 0 Å². The molecule has 0 fully saturated rings. The van der Waals surface area contributed by atoms with Crippen LogP contribution in [-0.2, 0) is 10.1 Å². The first-order valence-electron chi connectivity index (χ1n) is 8.82. The first kappa shape index (κ1) is 20.3. The van der Waals surface area contributed by atoms with E-state index in [4.69, 9.17) is 5.11 Å². The minimum absolute atomic E-state index is 0.122. The Labute approximate surface area is 175 Å². The molecule has 0 heterocycles. The molecular weight excluding hydrogens is 424 g/mol. The highest BCUT2D eigenvalue weighted by Gasteiger charge is 2.20. The zero-order chi connectivity index (χ0) is 22.2. The van der Waals surface area contributed by atoms with Crippen LogP contribution in [0.3, 0.4) is 0 Å². The van der Waals surface area contributed by atoms with Crippen LogP contribution in [0.1, 0.15) is 0 Å². The number of nitrogens with zero attached hydrogens (tertiary/aromatic N) is 2. The van der Waals surface area contributed by atoms with E-state index < -0.39 is 26.9 Å². The van der Waals surface area contributed by atoms with Crippen molar-refractivity contribution in [2.24, 2.45) is 10.2 Å². The Balaban J connectivity index is 1.99. The topological polar surface area (TPSA) is 146 Å². The van der Waals surface area contributed by atoms with Gasteiger partial charge in [-0.15, -0.1) is 10.2 Å². The van der Waals surface area contributed by atoms with Gasteiger partial charge in [0.25, 0.3) is 10.1 Å². The zero-order valence-electron chi connectivity index (χ0n) is 15.6. The number of ether oxygens (including phenoxy) is 1. The van der Waals surface area contributed by atoms with Gasteiger partial charge >= 0.3 is 6.16 Å². The van der Waals surface area contributed by atoms with Crippen molar-refractivity contribution >= 4 is 49.2 Å². The molecule has 156 valence electrons. The summed E-state index contributed by atoms with van der Waals surface area (Å²) in [6, 6.07) is 17.5. The van der Waals surface area contributed by atoms with Crippen molar-refractivity contribution in [2.75, 3.05) is 0 Å². The smallest absolute Gasteiger partial charge is 0.503 e. The van der Waals surface area contributed by atoms with Gasteiger partial charge in [0.2, 0.25) is 0 Å². The fourth-order valence-electron chi connectivity index (χ4n) is 3.21. The second-order valence-electron chi connectivity index (χ2n) is 6.47. The lowest BCUT2D eigenvalue weighted by Crippen LogP contribution is -2.03. The third kappa shape index (κ3) is 3.89. The van der Waals surface area contributed by atoms with Gasteiger partial charge in [-0.05, 0) is 22.9 Å². The van der Waals surface area contributed by atoms with E-state index in [9.17, 15) is 22.9 Å². The summed E-state index contributed by atoms with van der Waals surface area (Å²) in [6.07, 6.45) is -1.63. The average Bonchev–Trinajstić information content (AvgIpc) is 2.72. The first-order chi connectivity index (χ1) is 14.8. The summed E-state index contributed by atoms with van der Waals surface area (Å²) in [6.45, 7) is 0. The van der Waals surface area contributed by atoms with E-state index in [1.54, 1.807) is 48.5 Å². The molecule has 0 saturated carbocycles. The molecular formula is C21H14N2O7S. The number of hydrogen-bond donors (Lipinski definition) is 3. The number of phenolic OH excluding ortho intramolecular Hbond substituents is 1. The van der Waals surface area contributed by atoms with Gasteiger partial charge in [0.1, 0.15) is 16.3 Å². The summed E-state index contributed by atoms with van der Waals surface area (Å²) >= 11 is 0. The molecule has 0 aliphatic rings. The lowest BCUT2D eigenvalue weighted by molar-refractivity contribution is 0.143. The number of carboxylic acid groups (broad SMARTS) is 1. The van der Waals surface area contributed by atoms with Crippen molar-refractivity contribution in [3.8, 4) is 11.5 Å². The Hall–Kier alpha value is -4.02. The molecule has 4 aromatic rings. The van der Waals surface area contributed by atoms with Crippen LogP contribution in [0.5, 0.6) is 11.5 Å². The van der Waals surface area contributed by atoms with E-state index in [1.165, 1.54) is 18.2 Å². The summed E-state index contributed by atoms with van der Waals surface area (Å²) in [5, 5.41) is 29.5. The Kier molecular flexibility index (Phi) is 5.01. The summed E-state index contributed by atoms with van der Waals surface area (Å²) < 4.78 is 38.0. The van der Waals surface area contributed by atoms with Crippen molar-refractivity contribution < 1.29 is 32.7 Å². The van der Waals surface area contributed by atoms with Crippen LogP contribution in [0.4, 0.5) is 16.2 Å². The van der Waals surface area contributed by atoms with Crippen molar-refractivity contribution in [1.29, 1.82) is 0 Å². The third-order valence-electron chi connectivity index (χ3n) is 4.55. The molecule has 0 atom stereocenters. The molecule has 10 heteroatoms. The standard InChI is InChI=1S/C21H14N2O7S/c24-20-16(30-21(25)26)11-13-6-2-4-8-15(13)19(20)23-22-18-14-7-3-1-5-12(14)9-10-17(18)31(27,28)29/h1-11,24H,(H,25,26)(H,27,28,29). The zero-order valence-corrected chi connectivity index (χ0v) is 16.4. The number of azo groups is 1. The number of rotatable bonds is 4. The molecule has 0 spiro atoms. The fourth-order valence-corrected chi connectivity index (χ4v) is 3.85. The van der Waals surface area contributed by atoms with E-state index in [-0.39, 0.29) is 17.1 Å². The molecule has 0 aliphatic heterocycles. The maximum atomic E-state index is 11.9. The molecule has 3 N–H and O–H groups in total. The summed E-state index contributed by atoms with van der Waals surface area (Å²) in [5.74, 6) is -0.938. The fraction of sp³-hybridized carbons (Fsp3) is 0. The van der Waals surface area contributed by atoms with Gasteiger partial charge in [0.15, 0.2) is 11.5 Å². The second kappa shape index (κ2) is 7.67. The van der Waals surface area contributed by atoms with Gasteiger partial charge in [-0.3, -0.25) is 4.55 Å². The maximum absolute atomic E-state index is 11.9. The van der Waals surface area contributed by atoms with Gasteiger partial charge in [-0.2, -0.15) is 8.42 Å². The Bertz CT molecular complexity index is 1480. The molecule has 0 amide bonds. The largest absolute Gasteiger partial charge is 0.511 e. The van der Waals surface area contributed by atoms with E-state index >= 15 is 0 Å². The molecule has 4 aromatic carbocycles. The predicted molar refractivity (Wildman–Crippen MR) is 112 cm³/mol. The molecule has 9 nitrogen and oxygen atoms in total. The number of benzene rings is 4. The summed E-state index contributed by atoms with van der Waals surface area (Å²) in [5.41, 5.74) is -0.253. The highest BCUT2D eigenvalue weighted by atomic mass is 32.2. The van der Waals surface area contributed by atoms with Gasteiger partial charge in [0.05, 0.1) is 0 Å². The van der Waals surface area contributed by atoms with Crippen molar-refractivity contribution in [1.82, 2.24) is 0 Å². The third-order valence-corrected chi connectivity index (χ3v) is 5.43. The Morgan fingerprint density at radius 1 is 0.839 bits per heavy atom. The van der Waals surface area contributed by atoms with E-state index in [1.807, 2.05) is 0 Å². The normalized spacial score (nSPS) is 11.9. The molecule has 4 rings (SSSR count). The van der Waals surface area contributed by atoms with Crippen LogP contribution in [-0.4, -0.2) is 29.3 Å². The van der Waals surface area contributed by atoms with Crippen LogP contribution in [0.25, 0.3) is 21.5 Å². The van der Waals surface area contributed by atoms with Gasteiger partial charge in [-0.25, -0.2) is 4.79 Å². The average molecular weight is 438 g/mol. The molecule has 0 bridgehead atoms. The molecule has 0 saturated heterocycles. The van der Waals surface area contributed by atoms with Crippen molar-refractivity contribution in [3.63, 3.8) is 0 Å². The van der Waals surface area contributed by atoms with Crippen molar-refractivity contribution in [2.45, 2.75) is 4.90 Å². The lowest BCUT2D eigenvalue weighted by Gasteiger charge is -2.10. The van der Waals surface area contributed by atoms with Crippen LogP contribution in [0.15, 0.2) is 81.9 Å². The van der Waals surface area contributed by atoms with E-state index in [2.05, 4.69) is 15.0 Å². The van der Waals surface area contributed by atoms with Crippen LogP contribution < -0.4 is 4.74 Å². The highest BCUT2D eigenvalue weighted by molar-refractivity contribution is 7.86. The second-order valence-corrected chi connectivity index (χ2v) is 7.86. The van der Waals surface area contributed by atoms with E-state index in [0.29, 0.717) is 21.5 Å². The van der Waals surface area contributed by atoms with Gasteiger partial charge in [-0.1, -0.05) is 54.6 Å². The monoisotopic (exact) mass is 438 g/mol. The van der Waals surface area contributed by atoms with E-state index in [0.717, 1.165) is 0 Å². The quantitative estimate of drug-likeness (QED) is 0.167. The molecule has 0 aliphatic carbocycles. The number of carbonyl (C=O) groups is 1. The number of phenols is 1. The maximum Gasteiger partial charge on any atom is 0.511 e. The van der Waals surface area contributed by atoms with Gasteiger partial charge in [0, 0.05) is 10.8 Å². The lowest BCUT2D eigenvalue weighted by atomic mass is 10.1. The molecule has 0 aromatic heterocycles. The number of aromatic hydroxyl groups is 1. The Morgan fingerprint density at radius 2 is 1.42 bits per heavy atom. The van der Waals surface area contributed by atoms with Crippen LogP contribution >= 0.6 is 0 Å². The Morgan fingerprint density at radius 3 is 2.06 bits per heavy atom. The molecule has 0 unspecified atom stereocenters.